The van der Waals surface area contributed by atoms with E-state index in [0.717, 1.165) is 4.90 Å². The number of rotatable bonds is 6. The van der Waals surface area contributed by atoms with Gasteiger partial charge >= 0.3 is 0 Å². The molecule has 1 aliphatic rings. The van der Waals surface area contributed by atoms with Crippen molar-refractivity contribution in [1.82, 2.24) is 14.1 Å². The third-order valence-corrected chi connectivity index (χ3v) is 2.73. The first-order valence-electron chi connectivity index (χ1n) is 9.84. The molecule has 7 nitrogen and oxygen atoms in total. The Morgan fingerprint density at radius 2 is 2.29 bits per heavy atom. The lowest BCUT2D eigenvalue weighted by Crippen LogP contribution is -2.42. The lowest BCUT2D eigenvalue weighted by atomic mass is 10.1. The number of hydrogen-bond donors (Lipinski definition) is 2. The molecule has 2 rings (SSSR count). The van der Waals surface area contributed by atoms with Gasteiger partial charge in [-0.15, -0.1) is 4.37 Å². The third kappa shape index (κ3) is 5.39. The van der Waals surface area contributed by atoms with Crippen LogP contribution in [0.15, 0.2) is 0 Å². The second kappa shape index (κ2) is 7.35. The van der Waals surface area contributed by atoms with E-state index < -0.39 is 50.9 Å². The van der Waals surface area contributed by atoms with Crippen molar-refractivity contribution in [2.45, 2.75) is 32.4 Å². The molecule has 0 radical (unpaired) electrons. The van der Waals surface area contributed by atoms with Crippen LogP contribution in [-0.4, -0.2) is 64.8 Å². The molecular weight excluding hydrogens is 292 g/mol. The van der Waals surface area contributed by atoms with Gasteiger partial charge in [0.05, 0.1) is 31.8 Å². The summed E-state index contributed by atoms with van der Waals surface area (Å²) in [6, 6.07) is 0. The molecule has 0 aromatic carbocycles. The number of aromatic nitrogens is 2. The zero-order chi connectivity index (χ0) is 21.6. The largest absolute Gasteiger partial charge is 0.472 e. The van der Waals surface area contributed by atoms with Gasteiger partial charge in [0.15, 0.2) is 0 Å². The summed E-state index contributed by atoms with van der Waals surface area (Å²) in [5, 5.41) is 12.8. The fraction of sp³-hybridized carbons (Fsp3) is 0.846. The van der Waals surface area contributed by atoms with Crippen molar-refractivity contribution in [3.05, 3.63) is 0 Å². The van der Waals surface area contributed by atoms with Crippen molar-refractivity contribution >= 4 is 17.5 Å². The van der Waals surface area contributed by atoms with Crippen molar-refractivity contribution in [1.29, 1.82) is 0 Å². The minimum absolute atomic E-state index is 0.247. The van der Waals surface area contributed by atoms with E-state index in [1.54, 1.807) is 20.8 Å². The molecular formula is C13H24N4O3S. The highest BCUT2D eigenvalue weighted by Gasteiger charge is 2.21. The van der Waals surface area contributed by atoms with Crippen LogP contribution in [0, 0.1) is 0 Å². The zero-order valence-electron chi connectivity index (χ0n) is 19.1. The van der Waals surface area contributed by atoms with Crippen molar-refractivity contribution in [3.63, 3.8) is 0 Å². The molecule has 1 saturated heterocycles. The highest BCUT2D eigenvalue weighted by atomic mass is 32.1. The van der Waals surface area contributed by atoms with Crippen LogP contribution in [0.4, 0.5) is 5.82 Å². The molecule has 0 spiro atoms. The van der Waals surface area contributed by atoms with Crippen molar-refractivity contribution < 1.29 is 24.2 Å². The Kier molecular flexibility index (Phi) is 3.23. The van der Waals surface area contributed by atoms with Crippen LogP contribution in [0.3, 0.4) is 0 Å². The maximum atomic E-state index is 10.3. The van der Waals surface area contributed by atoms with Crippen LogP contribution < -0.4 is 15.0 Å². The molecule has 0 saturated carbocycles. The SMILES string of the molecule is [2H]C1([2H])COCC([2H])([2H])N1c1nsnc1OC[C@@]([2H])(O)C([2H])([2H])NC(C)(C)C. The van der Waals surface area contributed by atoms with Gasteiger partial charge in [-0.3, -0.25) is 0 Å². The molecule has 8 heteroatoms. The van der Waals surface area contributed by atoms with Crippen molar-refractivity contribution in [2.24, 2.45) is 0 Å². The summed E-state index contributed by atoms with van der Waals surface area (Å²) in [5.74, 6) is -0.555. The number of hydrogen-bond acceptors (Lipinski definition) is 8. The molecule has 0 bridgehead atoms. The Morgan fingerprint density at radius 1 is 1.57 bits per heavy atom. The third-order valence-electron chi connectivity index (χ3n) is 2.23. The Hall–Kier alpha value is -0.960. The van der Waals surface area contributed by atoms with E-state index >= 15 is 0 Å². The Bertz CT molecular complexity index is 680. The molecule has 1 atom stereocenters. The molecule has 0 unspecified atom stereocenters. The highest BCUT2D eigenvalue weighted by molar-refractivity contribution is 6.99. The summed E-state index contributed by atoms with van der Waals surface area (Å²) in [7, 11) is 0. The molecule has 1 aromatic rings. The zero-order valence-corrected chi connectivity index (χ0v) is 13.0. The number of morpholine rings is 1. The number of ether oxygens (including phenoxy) is 2. The standard InChI is InChI=1S/C13H24N4O3S/c1-13(2,3)14-8-10(18)9-20-12-11(15-21-16-12)17-4-6-19-7-5-17/h10,14,18H,4-9H2,1-3H3/t10-/m0/s1/i4D2,5D2,8D2,10D. The van der Waals surface area contributed by atoms with Crippen LogP contribution in [-0.2, 0) is 4.74 Å². The molecule has 2 heterocycles. The minimum atomic E-state index is -2.72. The quantitative estimate of drug-likeness (QED) is 0.789. The number of β-amino-alcohol motifs (C(OH)–C–C–N with tert-alkyl or cyclic N) is 1. The molecule has 0 aliphatic carbocycles. The number of nitrogens with one attached hydrogen (secondary N) is 1. The van der Waals surface area contributed by atoms with Gasteiger partial charge in [-0.1, -0.05) is 0 Å². The van der Waals surface area contributed by atoms with E-state index in [2.05, 4.69) is 14.1 Å². The van der Waals surface area contributed by atoms with Crippen molar-refractivity contribution in [2.75, 3.05) is 44.2 Å². The maximum absolute atomic E-state index is 10.3. The molecule has 1 fully saturated rings. The molecule has 2 N–H and O–H groups in total. The predicted octanol–water partition coefficient (Wildman–Crippen LogP) is 0.502. The monoisotopic (exact) mass is 323 g/mol. The van der Waals surface area contributed by atoms with Gasteiger partial charge in [-0.2, -0.15) is 4.37 Å². The van der Waals surface area contributed by atoms with Crippen LogP contribution in [0.2, 0.25) is 0 Å². The van der Waals surface area contributed by atoms with E-state index in [-0.39, 0.29) is 11.7 Å². The van der Waals surface area contributed by atoms with Gasteiger partial charge in [-0.25, -0.2) is 0 Å². The average molecular weight is 323 g/mol. The highest BCUT2D eigenvalue weighted by Crippen LogP contribution is 2.26. The normalized spacial score (nSPS) is 29.7. The Morgan fingerprint density at radius 3 is 2.95 bits per heavy atom. The van der Waals surface area contributed by atoms with Gasteiger partial charge < -0.3 is 24.8 Å². The van der Waals surface area contributed by atoms with E-state index in [4.69, 9.17) is 19.1 Å². The predicted molar refractivity (Wildman–Crippen MR) is 82.2 cm³/mol. The van der Waals surface area contributed by atoms with Gasteiger partial charge in [0.1, 0.15) is 12.7 Å². The second-order valence-corrected chi connectivity index (χ2v) is 5.80. The second-order valence-electron chi connectivity index (χ2n) is 5.27. The first kappa shape index (κ1) is 9.24. The number of anilines is 1. The molecule has 120 valence electrons. The van der Waals surface area contributed by atoms with E-state index in [0.29, 0.717) is 11.7 Å². The van der Waals surface area contributed by atoms with Gasteiger partial charge in [-0.05, 0) is 20.8 Å². The summed E-state index contributed by atoms with van der Waals surface area (Å²) in [4.78, 5) is 0.743. The van der Waals surface area contributed by atoms with Crippen molar-refractivity contribution in [3.8, 4) is 5.88 Å². The first-order chi connectivity index (χ1) is 12.5. The summed E-state index contributed by atoms with van der Waals surface area (Å²) in [6.07, 6.45) is -2.72. The van der Waals surface area contributed by atoms with E-state index in [9.17, 15) is 5.11 Å². The van der Waals surface area contributed by atoms with Crippen LogP contribution in [0.25, 0.3) is 0 Å². The maximum Gasteiger partial charge on any atom is 0.270 e. The summed E-state index contributed by atoms with van der Waals surface area (Å²) >= 11 is 0.636. The fourth-order valence-electron chi connectivity index (χ4n) is 1.31. The molecule has 1 aliphatic heterocycles. The summed E-state index contributed by atoms with van der Waals surface area (Å²) < 4.78 is 73.9. The van der Waals surface area contributed by atoms with Gasteiger partial charge in [0.25, 0.3) is 5.88 Å². The van der Waals surface area contributed by atoms with Crippen LogP contribution in [0.1, 0.15) is 30.4 Å². The lowest BCUT2D eigenvalue weighted by Gasteiger charge is -2.27. The number of aliphatic hydroxyl groups is 1. The number of nitrogens with zero attached hydrogens (tertiary/aromatic N) is 3. The molecule has 21 heavy (non-hydrogen) atoms. The summed E-state index contributed by atoms with van der Waals surface area (Å²) in [6.45, 7) is -3.65. The summed E-state index contributed by atoms with van der Waals surface area (Å²) in [5.41, 5.74) is -0.730. The molecule has 1 aromatic heterocycles. The smallest absolute Gasteiger partial charge is 0.270 e. The van der Waals surface area contributed by atoms with Crippen LogP contribution >= 0.6 is 11.7 Å². The fourth-order valence-corrected chi connectivity index (χ4v) is 1.80. The lowest BCUT2D eigenvalue weighted by molar-refractivity contribution is 0.0975. The van der Waals surface area contributed by atoms with E-state index in [1.807, 2.05) is 0 Å². The topological polar surface area (TPSA) is 79.7 Å². The minimum Gasteiger partial charge on any atom is -0.472 e. The van der Waals surface area contributed by atoms with Crippen LogP contribution in [0.5, 0.6) is 5.88 Å². The van der Waals surface area contributed by atoms with Gasteiger partial charge in [0.2, 0.25) is 5.82 Å². The average Bonchev–Trinajstić information content (AvgIpc) is 2.88. The van der Waals surface area contributed by atoms with E-state index in [1.165, 1.54) is 0 Å². The first-order valence-corrected chi connectivity index (χ1v) is 7.07. The van der Waals surface area contributed by atoms with Gasteiger partial charge in [0, 0.05) is 27.8 Å². The Balaban J connectivity index is 2.23. The molecule has 0 amide bonds. The Labute approximate surface area is 139 Å².